The van der Waals surface area contributed by atoms with Crippen LogP contribution in [-0.2, 0) is 6.54 Å². The molecule has 3 N–H and O–H groups in total. The number of nitro groups is 1. The van der Waals surface area contributed by atoms with Crippen LogP contribution in [0.3, 0.4) is 0 Å². The molecule has 5 nitrogen and oxygen atoms in total. The number of hydrogen-bond acceptors (Lipinski definition) is 5. The molecule has 2 rings (SSSR count). The van der Waals surface area contributed by atoms with Gasteiger partial charge >= 0.3 is 0 Å². The van der Waals surface area contributed by atoms with Crippen LogP contribution in [0.4, 0.5) is 17.1 Å². The van der Waals surface area contributed by atoms with Gasteiger partial charge in [-0.25, -0.2) is 0 Å². The molecule has 0 spiro atoms. The number of aryl methyl sites for hydroxylation is 1. The van der Waals surface area contributed by atoms with E-state index < -0.39 is 0 Å². The number of nitrogen functional groups attached to an aromatic ring is 1. The van der Waals surface area contributed by atoms with Crippen LogP contribution in [-0.4, -0.2) is 4.92 Å². The fraction of sp³-hybridized carbons (Fsp3) is 0.167. The molecule has 6 heteroatoms. The Hall–Kier alpha value is -2.08. The number of hydrogen-bond donors (Lipinski definition) is 2. The molecule has 0 bridgehead atoms. The highest BCUT2D eigenvalue weighted by Gasteiger charge is 2.11. The third-order valence-electron chi connectivity index (χ3n) is 2.64. The number of rotatable bonds is 4. The van der Waals surface area contributed by atoms with Gasteiger partial charge in [-0.15, -0.1) is 11.3 Å². The zero-order valence-corrected chi connectivity index (χ0v) is 10.7. The molecular formula is C12H13N3O2S. The minimum atomic E-state index is -0.375. The molecule has 18 heavy (non-hydrogen) atoms. The molecule has 0 unspecified atom stereocenters. The van der Waals surface area contributed by atoms with Crippen molar-refractivity contribution in [3.05, 3.63) is 50.2 Å². The number of nitrogens with one attached hydrogen (secondary N) is 1. The maximum atomic E-state index is 10.8. The first kappa shape index (κ1) is 12.4. The summed E-state index contributed by atoms with van der Waals surface area (Å²) in [5, 5.41) is 15.9. The molecule has 0 amide bonds. The monoisotopic (exact) mass is 263 g/mol. The highest BCUT2D eigenvalue weighted by atomic mass is 32.1. The van der Waals surface area contributed by atoms with E-state index in [-0.39, 0.29) is 10.6 Å². The first-order valence-electron chi connectivity index (χ1n) is 5.38. The van der Waals surface area contributed by atoms with Crippen LogP contribution in [0.5, 0.6) is 0 Å². The van der Waals surface area contributed by atoms with Gasteiger partial charge in [-0.3, -0.25) is 10.1 Å². The molecule has 0 saturated carbocycles. The van der Waals surface area contributed by atoms with Crippen LogP contribution in [0.2, 0.25) is 0 Å². The van der Waals surface area contributed by atoms with Crippen molar-refractivity contribution in [2.24, 2.45) is 0 Å². The van der Waals surface area contributed by atoms with E-state index in [0.717, 1.165) is 16.3 Å². The summed E-state index contributed by atoms with van der Waals surface area (Å²) < 4.78 is 0. The standard InChI is InChI=1S/C12H13N3O2S/c1-8-2-3-9(6-11(8)15(16)17)14-7-12-10(13)4-5-18-12/h2-6,14H,7,13H2,1H3. The number of nitrogens with zero attached hydrogens (tertiary/aromatic N) is 1. The van der Waals surface area contributed by atoms with Crippen molar-refractivity contribution < 1.29 is 4.92 Å². The second kappa shape index (κ2) is 5.05. The largest absolute Gasteiger partial charge is 0.398 e. The fourth-order valence-corrected chi connectivity index (χ4v) is 2.33. The zero-order chi connectivity index (χ0) is 13.1. The van der Waals surface area contributed by atoms with Crippen molar-refractivity contribution in [2.45, 2.75) is 13.5 Å². The lowest BCUT2D eigenvalue weighted by Gasteiger charge is -2.06. The fourth-order valence-electron chi connectivity index (χ4n) is 1.59. The molecule has 1 aromatic carbocycles. The van der Waals surface area contributed by atoms with E-state index in [4.69, 9.17) is 5.73 Å². The molecule has 0 aliphatic heterocycles. The topological polar surface area (TPSA) is 81.2 Å². The van der Waals surface area contributed by atoms with Gasteiger partial charge in [-0.1, -0.05) is 6.07 Å². The number of nitro benzene ring substituents is 1. The van der Waals surface area contributed by atoms with Gasteiger partial charge in [0, 0.05) is 27.9 Å². The van der Waals surface area contributed by atoms with Crippen molar-refractivity contribution in [2.75, 3.05) is 11.1 Å². The summed E-state index contributed by atoms with van der Waals surface area (Å²) in [7, 11) is 0. The Bertz CT molecular complexity index is 580. The predicted molar refractivity (Wildman–Crippen MR) is 73.9 cm³/mol. The Morgan fingerprint density at radius 3 is 2.83 bits per heavy atom. The van der Waals surface area contributed by atoms with Gasteiger partial charge in [0.2, 0.25) is 0 Å². The molecule has 0 radical (unpaired) electrons. The van der Waals surface area contributed by atoms with E-state index in [1.54, 1.807) is 30.4 Å². The minimum Gasteiger partial charge on any atom is -0.398 e. The summed E-state index contributed by atoms with van der Waals surface area (Å²) in [4.78, 5) is 11.5. The van der Waals surface area contributed by atoms with Gasteiger partial charge in [0.05, 0.1) is 11.5 Å². The zero-order valence-electron chi connectivity index (χ0n) is 9.84. The van der Waals surface area contributed by atoms with Crippen molar-refractivity contribution >= 4 is 28.4 Å². The highest BCUT2D eigenvalue weighted by Crippen LogP contribution is 2.24. The van der Waals surface area contributed by atoms with Crippen LogP contribution in [0.25, 0.3) is 0 Å². The average molecular weight is 263 g/mol. The Labute approximate surface area is 108 Å². The van der Waals surface area contributed by atoms with E-state index >= 15 is 0 Å². The molecule has 94 valence electrons. The molecule has 0 saturated heterocycles. The molecule has 0 aliphatic rings. The summed E-state index contributed by atoms with van der Waals surface area (Å²) >= 11 is 1.56. The molecular weight excluding hydrogens is 250 g/mol. The van der Waals surface area contributed by atoms with Gasteiger partial charge in [-0.05, 0) is 24.4 Å². The summed E-state index contributed by atoms with van der Waals surface area (Å²) in [6.07, 6.45) is 0. The lowest BCUT2D eigenvalue weighted by atomic mass is 10.2. The third kappa shape index (κ3) is 2.60. The van der Waals surface area contributed by atoms with Crippen molar-refractivity contribution in [3.8, 4) is 0 Å². The summed E-state index contributed by atoms with van der Waals surface area (Å²) in [5.41, 5.74) is 8.01. The molecule has 2 aromatic rings. The summed E-state index contributed by atoms with van der Waals surface area (Å²) in [6.45, 7) is 2.29. The number of nitrogens with two attached hydrogens (primary N) is 1. The Morgan fingerprint density at radius 2 is 2.22 bits per heavy atom. The third-order valence-corrected chi connectivity index (χ3v) is 3.58. The van der Waals surface area contributed by atoms with Crippen LogP contribution in [0, 0.1) is 17.0 Å². The van der Waals surface area contributed by atoms with Gasteiger partial charge in [0.25, 0.3) is 5.69 Å². The maximum Gasteiger partial charge on any atom is 0.274 e. The molecule has 0 atom stereocenters. The summed E-state index contributed by atoms with van der Waals surface area (Å²) in [5.74, 6) is 0. The van der Waals surface area contributed by atoms with Gasteiger partial charge in [0.15, 0.2) is 0 Å². The number of benzene rings is 1. The van der Waals surface area contributed by atoms with E-state index in [2.05, 4.69) is 5.32 Å². The first-order valence-corrected chi connectivity index (χ1v) is 6.26. The average Bonchev–Trinajstić information content (AvgIpc) is 2.73. The Morgan fingerprint density at radius 1 is 1.44 bits per heavy atom. The van der Waals surface area contributed by atoms with Gasteiger partial charge < -0.3 is 11.1 Å². The van der Waals surface area contributed by atoms with Gasteiger partial charge in [0.1, 0.15) is 0 Å². The van der Waals surface area contributed by atoms with Crippen LogP contribution >= 0.6 is 11.3 Å². The van der Waals surface area contributed by atoms with Crippen LogP contribution in [0.1, 0.15) is 10.4 Å². The quantitative estimate of drug-likeness (QED) is 0.655. The lowest BCUT2D eigenvalue weighted by Crippen LogP contribution is -2.01. The summed E-state index contributed by atoms with van der Waals surface area (Å²) in [6, 6.07) is 6.95. The van der Waals surface area contributed by atoms with E-state index in [1.807, 2.05) is 17.5 Å². The molecule has 1 heterocycles. The van der Waals surface area contributed by atoms with Gasteiger partial charge in [-0.2, -0.15) is 0 Å². The van der Waals surface area contributed by atoms with Crippen LogP contribution in [0.15, 0.2) is 29.6 Å². The second-order valence-corrected chi connectivity index (χ2v) is 4.91. The van der Waals surface area contributed by atoms with E-state index in [1.165, 1.54) is 0 Å². The van der Waals surface area contributed by atoms with Crippen molar-refractivity contribution in [1.82, 2.24) is 0 Å². The number of thiophene rings is 1. The molecule has 1 aromatic heterocycles. The smallest absolute Gasteiger partial charge is 0.274 e. The van der Waals surface area contributed by atoms with E-state index in [0.29, 0.717) is 12.1 Å². The predicted octanol–water partition coefficient (Wildman–Crippen LogP) is 3.16. The maximum absolute atomic E-state index is 10.8. The van der Waals surface area contributed by atoms with Crippen LogP contribution < -0.4 is 11.1 Å². The second-order valence-electron chi connectivity index (χ2n) is 3.91. The lowest BCUT2D eigenvalue weighted by molar-refractivity contribution is -0.385. The Kier molecular flexibility index (Phi) is 3.47. The minimum absolute atomic E-state index is 0.124. The van der Waals surface area contributed by atoms with E-state index in [9.17, 15) is 10.1 Å². The molecule has 0 fully saturated rings. The molecule has 0 aliphatic carbocycles. The SMILES string of the molecule is Cc1ccc(NCc2sccc2N)cc1[N+](=O)[O-]. The first-order chi connectivity index (χ1) is 8.58. The van der Waals surface area contributed by atoms with Crippen molar-refractivity contribution in [3.63, 3.8) is 0 Å². The Balaban J connectivity index is 2.13. The number of anilines is 2. The normalized spacial score (nSPS) is 10.3. The van der Waals surface area contributed by atoms with Crippen molar-refractivity contribution in [1.29, 1.82) is 0 Å². The highest BCUT2D eigenvalue weighted by molar-refractivity contribution is 7.10.